The number of rotatable bonds is 10. The highest BCUT2D eigenvalue weighted by Crippen LogP contribution is 2.21. The summed E-state index contributed by atoms with van der Waals surface area (Å²) in [5, 5.41) is 4.05. The van der Waals surface area contributed by atoms with Gasteiger partial charge in [-0.25, -0.2) is 5.43 Å². The zero-order valence-electron chi connectivity index (χ0n) is 21.2. The topological polar surface area (TPSA) is 72.0 Å². The van der Waals surface area contributed by atoms with E-state index >= 15 is 0 Å². The van der Waals surface area contributed by atoms with Crippen molar-refractivity contribution < 1.29 is 13.9 Å². The first-order valence-corrected chi connectivity index (χ1v) is 12.1. The zero-order valence-corrected chi connectivity index (χ0v) is 21.2. The van der Waals surface area contributed by atoms with E-state index in [0.29, 0.717) is 5.76 Å². The van der Waals surface area contributed by atoms with Gasteiger partial charge < -0.3 is 18.6 Å². The lowest BCUT2D eigenvalue weighted by molar-refractivity contribution is 0.0923. The molecule has 0 radical (unpaired) electrons. The predicted molar refractivity (Wildman–Crippen MR) is 143 cm³/mol. The molecule has 4 aromatic rings. The number of nitrogens with one attached hydrogen (secondary N) is 1. The molecule has 1 N–H and O–H groups in total. The van der Waals surface area contributed by atoms with Crippen LogP contribution in [-0.4, -0.2) is 29.8 Å². The van der Waals surface area contributed by atoms with Crippen molar-refractivity contribution in [3.63, 3.8) is 0 Å². The van der Waals surface area contributed by atoms with Crippen molar-refractivity contribution in [1.82, 2.24) is 9.99 Å². The van der Waals surface area contributed by atoms with Crippen LogP contribution in [0.3, 0.4) is 0 Å². The van der Waals surface area contributed by atoms with Gasteiger partial charge >= 0.3 is 5.91 Å². The van der Waals surface area contributed by atoms with Gasteiger partial charge in [0.1, 0.15) is 18.1 Å². The monoisotopic (exact) mass is 484 g/mol. The molecule has 0 spiro atoms. The van der Waals surface area contributed by atoms with Gasteiger partial charge in [-0.3, -0.25) is 4.79 Å². The van der Waals surface area contributed by atoms with E-state index in [1.165, 1.54) is 11.4 Å². The molecule has 4 rings (SSSR count). The van der Waals surface area contributed by atoms with E-state index in [1.807, 2.05) is 48.5 Å². The Balaban J connectivity index is 1.28. The van der Waals surface area contributed by atoms with Crippen LogP contribution < -0.4 is 15.1 Å². The van der Waals surface area contributed by atoms with Crippen LogP contribution in [-0.2, 0) is 6.61 Å². The molecule has 0 bridgehead atoms. The lowest BCUT2D eigenvalue weighted by Gasteiger charge is -2.20. The van der Waals surface area contributed by atoms with Crippen molar-refractivity contribution in [2.45, 2.75) is 34.3 Å². The lowest BCUT2D eigenvalue weighted by atomic mass is 10.2. The minimum Gasteiger partial charge on any atom is -0.486 e. The number of aromatic nitrogens is 1. The van der Waals surface area contributed by atoms with Crippen LogP contribution in [0.25, 0.3) is 5.69 Å². The van der Waals surface area contributed by atoms with E-state index in [0.717, 1.165) is 35.8 Å². The van der Waals surface area contributed by atoms with Crippen molar-refractivity contribution >= 4 is 17.8 Å². The number of hydrogen-bond acceptors (Lipinski definition) is 5. The Morgan fingerprint density at radius 2 is 1.61 bits per heavy atom. The lowest BCUT2D eigenvalue weighted by Crippen LogP contribution is -2.21. The minimum absolute atomic E-state index is 0.177. The maximum Gasteiger partial charge on any atom is 0.307 e. The third-order valence-corrected chi connectivity index (χ3v) is 6.03. The second-order valence-corrected chi connectivity index (χ2v) is 8.46. The van der Waals surface area contributed by atoms with Gasteiger partial charge in [0.2, 0.25) is 0 Å². The second kappa shape index (κ2) is 11.4. The number of nitrogens with zero attached hydrogens (tertiary/aromatic N) is 3. The number of carbonyl (C=O) groups excluding carboxylic acids is 1. The molecule has 1 amide bonds. The molecule has 2 aromatic heterocycles. The summed E-state index contributed by atoms with van der Waals surface area (Å²) in [6.45, 7) is 10.5. The number of anilines is 1. The molecule has 0 aliphatic carbocycles. The average Bonchev–Trinajstić information content (AvgIpc) is 3.51. The number of carbonyl (C=O) groups is 1. The fourth-order valence-corrected chi connectivity index (χ4v) is 4.08. The van der Waals surface area contributed by atoms with Gasteiger partial charge in [0, 0.05) is 35.9 Å². The highest BCUT2D eigenvalue weighted by atomic mass is 16.5. The van der Waals surface area contributed by atoms with Crippen LogP contribution in [0, 0.1) is 13.8 Å². The van der Waals surface area contributed by atoms with Gasteiger partial charge in [0.15, 0.2) is 5.76 Å². The van der Waals surface area contributed by atoms with E-state index in [-0.39, 0.29) is 12.4 Å². The summed E-state index contributed by atoms with van der Waals surface area (Å²) in [5.41, 5.74) is 8.01. The van der Waals surface area contributed by atoms with Gasteiger partial charge in [0.05, 0.1) is 6.21 Å². The highest BCUT2D eigenvalue weighted by molar-refractivity contribution is 5.92. The molecule has 2 aromatic carbocycles. The minimum atomic E-state index is -0.418. The first-order valence-electron chi connectivity index (χ1n) is 12.1. The second-order valence-electron chi connectivity index (χ2n) is 8.46. The molecule has 7 heteroatoms. The average molecular weight is 485 g/mol. The van der Waals surface area contributed by atoms with Crippen molar-refractivity contribution in [3.8, 4) is 11.4 Å². The van der Waals surface area contributed by atoms with E-state index in [1.54, 1.807) is 18.3 Å². The fourth-order valence-electron chi connectivity index (χ4n) is 4.08. The normalized spacial score (nSPS) is 11.1. The number of hydrogen-bond donors (Lipinski definition) is 1. The Bertz CT molecular complexity index is 1290. The van der Waals surface area contributed by atoms with Crippen molar-refractivity contribution in [3.05, 3.63) is 101 Å². The standard InChI is InChI=1S/C29H32N4O3/c1-5-32(6-2)24-11-9-23(10-12-24)19-30-31-29(34)28-18-17-27(36-28)20-35-26-15-13-25(14-16-26)33-21(3)7-8-22(33)4/h7-19H,5-6,20H2,1-4H3,(H,31,34)/b30-19+. The Morgan fingerprint density at radius 1 is 0.944 bits per heavy atom. The Kier molecular flexibility index (Phi) is 7.90. The third kappa shape index (κ3) is 5.86. The van der Waals surface area contributed by atoms with E-state index in [9.17, 15) is 4.79 Å². The van der Waals surface area contributed by atoms with E-state index in [2.05, 4.69) is 59.8 Å². The van der Waals surface area contributed by atoms with E-state index in [4.69, 9.17) is 9.15 Å². The van der Waals surface area contributed by atoms with Crippen LogP contribution in [0.4, 0.5) is 5.69 Å². The molecule has 36 heavy (non-hydrogen) atoms. The van der Waals surface area contributed by atoms with Crippen molar-refractivity contribution in [1.29, 1.82) is 0 Å². The fraction of sp³-hybridized carbons (Fsp3) is 0.241. The predicted octanol–water partition coefficient (Wildman–Crippen LogP) is 5.88. The maximum absolute atomic E-state index is 12.4. The van der Waals surface area contributed by atoms with Crippen LogP contribution in [0.2, 0.25) is 0 Å². The zero-order chi connectivity index (χ0) is 25.5. The smallest absolute Gasteiger partial charge is 0.307 e. The summed E-state index contributed by atoms with van der Waals surface area (Å²) in [5.74, 6) is 1.04. The Labute approximate surface area is 212 Å². The molecular weight excluding hydrogens is 452 g/mol. The summed E-state index contributed by atoms with van der Waals surface area (Å²) >= 11 is 0. The summed E-state index contributed by atoms with van der Waals surface area (Å²) in [6, 6.07) is 23.5. The van der Waals surface area contributed by atoms with Crippen LogP contribution >= 0.6 is 0 Å². The molecule has 0 fully saturated rings. The largest absolute Gasteiger partial charge is 0.486 e. The first-order chi connectivity index (χ1) is 17.5. The molecule has 7 nitrogen and oxygen atoms in total. The van der Waals surface area contributed by atoms with Gasteiger partial charge in [-0.15, -0.1) is 0 Å². The highest BCUT2D eigenvalue weighted by Gasteiger charge is 2.11. The van der Waals surface area contributed by atoms with Crippen molar-refractivity contribution in [2.24, 2.45) is 5.10 Å². The van der Waals surface area contributed by atoms with Gasteiger partial charge in [-0.05, 0) is 93.9 Å². The maximum atomic E-state index is 12.4. The number of ether oxygens (including phenoxy) is 1. The van der Waals surface area contributed by atoms with Gasteiger partial charge in [0.25, 0.3) is 0 Å². The number of benzene rings is 2. The summed E-state index contributed by atoms with van der Waals surface area (Å²) in [6.07, 6.45) is 1.61. The summed E-state index contributed by atoms with van der Waals surface area (Å²) in [4.78, 5) is 14.6. The third-order valence-electron chi connectivity index (χ3n) is 6.03. The molecule has 0 saturated heterocycles. The number of amides is 1. The molecule has 0 saturated carbocycles. The molecule has 0 unspecified atom stereocenters. The molecule has 2 heterocycles. The molecule has 0 atom stereocenters. The number of hydrazone groups is 1. The summed E-state index contributed by atoms with van der Waals surface area (Å²) < 4.78 is 13.6. The number of aryl methyl sites for hydroxylation is 2. The quantitative estimate of drug-likeness (QED) is 0.226. The molecule has 0 aliphatic heterocycles. The van der Waals surface area contributed by atoms with Gasteiger partial charge in [-0.1, -0.05) is 12.1 Å². The Hall–Kier alpha value is -4.26. The molecule has 186 valence electrons. The summed E-state index contributed by atoms with van der Waals surface area (Å²) in [7, 11) is 0. The van der Waals surface area contributed by atoms with Gasteiger partial charge in [-0.2, -0.15) is 5.10 Å². The van der Waals surface area contributed by atoms with Crippen molar-refractivity contribution in [2.75, 3.05) is 18.0 Å². The van der Waals surface area contributed by atoms with Crippen LogP contribution in [0.5, 0.6) is 5.75 Å². The Morgan fingerprint density at radius 3 is 2.25 bits per heavy atom. The van der Waals surface area contributed by atoms with E-state index < -0.39 is 5.91 Å². The number of furan rings is 1. The molecule has 0 aliphatic rings. The SMILES string of the molecule is CCN(CC)c1ccc(/C=N/NC(=O)c2ccc(COc3ccc(-n4c(C)ccc4C)cc3)o2)cc1. The molecular formula is C29H32N4O3. The van der Waals surface area contributed by atoms with Crippen LogP contribution in [0.1, 0.15) is 47.1 Å². The van der Waals surface area contributed by atoms with Crippen LogP contribution in [0.15, 0.2) is 82.3 Å². The first kappa shape index (κ1) is 24.9.